The molecule has 2 atom stereocenters. The van der Waals surface area contributed by atoms with Crippen LogP contribution in [-0.2, 0) is 9.47 Å². The van der Waals surface area contributed by atoms with Crippen LogP contribution in [0.25, 0.3) is 0 Å². The summed E-state index contributed by atoms with van der Waals surface area (Å²) in [5, 5.41) is 3.40. The van der Waals surface area contributed by atoms with Crippen molar-refractivity contribution in [2.75, 3.05) is 7.11 Å². The fourth-order valence-corrected chi connectivity index (χ4v) is 2.74. The maximum atomic E-state index is 6.15. The van der Waals surface area contributed by atoms with Gasteiger partial charge in [-0.15, -0.1) is 0 Å². The summed E-state index contributed by atoms with van der Waals surface area (Å²) in [4.78, 5) is 0. The largest absolute Gasteiger partial charge is 0.501 e. The fourth-order valence-electron chi connectivity index (χ4n) is 2.74. The first kappa shape index (κ1) is 12.9. The molecule has 1 aliphatic carbocycles. The lowest BCUT2D eigenvalue weighted by Gasteiger charge is -2.31. The van der Waals surface area contributed by atoms with Crippen molar-refractivity contribution in [1.82, 2.24) is 5.32 Å². The maximum absolute atomic E-state index is 6.15. The molecule has 3 aliphatic rings. The fraction of sp³-hybridized carbons (Fsp3) is 0.294. The predicted octanol–water partition coefficient (Wildman–Crippen LogP) is 3.12. The Hall–Kier alpha value is -2.16. The molecule has 3 heteroatoms. The van der Waals surface area contributed by atoms with Crippen molar-refractivity contribution in [2.45, 2.75) is 25.0 Å². The lowest BCUT2D eigenvalue weighted by Crippen LogP contribution is -2.47. The second-order valence-corrected chi connectivity index (χ2v) is 5.43. The zero-order valence-corrected chi connectivity index (χ0v) is 11.8. The maximum Gasteiger partial charge on any atom is 0.149 e. The minimum absolute atomic E-state index is 0.0915. The first-order valence-corrected chi connectivity index (χ1v) is 6.76. The molecule has 0 fully saturated rings. The molecule has 2 unspecified atom stereocenters. The van der Waals surface area contributed by atoms with Crippen LogP contribution in [-0.4, -0.2) is 18.8 Å². The first-order chi connectivity index (χ1) is 9.62. The number of fused-ring (bicyclic) bond motifs is 1. The molecular formula is C17H19NO2. The summed E-state index contributed by atoms with van der Waals surface area (Å²) < 4.78 is 11.4. The number of nitrogens with one attached hydrogen (secondary N) is 1. The van der Waals surface area contributed by atoms with Crippen molar-refractivity contribution in [3.8, 4) is 0 Å². The van der Waals surface area contributed by atoms with E-state index in [0.29, 0.717) is 0 Å². The Morgan fingerprint density at radius 2 is 2.25 bits per heavy atom. The van der Waals surface area contributed by atoms with Gasteiger partial charge >= 0.3 is 0 Å². The van der Waals surface area contributed by atoms with Crippen LogP contribution in [0.15, 0.2) is 71.9 Å². The molecule has 0 saturated heterocycles. The molecule has 1 N–H and O–H groups in total. The van der Waals surface area contributed by atoms with Crippen LogP contribution < -0.4 is 5.32 Å². The van der Waals surface area contributed by atoms with E-state index < -0.39 is 0 Å². The van der Waals surface area contributed by atoms with E-state index >= 15 is 0 Å². The molecule has 2 heterocycles. The van der Waals surface area contributed by atoms with Gasteiger partial charge in [0.15, 0.2) is 0 Å². The molecule has 0 aromatic rings. The molecule has 0 spiro atoms. The smallest absolute Gasteiger partial charge is 0.149 e. The van der Waals surface area contributed by atoms with Crippen LogP contribution in [0.3, 0.4) is 0 Å². The van der Waals surface area contributed by atoms with E-state index in [1.54, 1.807) is 7.11 Å². The number of ether oxygens (including phenoxy) is 2. The third kappa shape index (κ3) is 2.09. The van der Waals surface area contributed by atoms with E-state index in [0.717, 1.165) is 29.1 Å². The highest BCUT2D eigenvalue weighted by Crippen LogP contribution is 2.38. The van der Waals surface area contributed by atoms with Gasteiger partial charge < -0.3 is 14.8 Å². The van der Waals surface area contributed by atoms with Gasteiger partial charge in [0.05, 0.1) is 12.6 Å². The van der Waals surface area contributed by atoms with Crippen molar-refractivity contribution in [2.24, 2.45) is 0 Å². The third-order valence-electron chi connectivity index (χ3n) is 3.88. The summed E-state index contributed by atoms with van der Waals surface area (Å²) in [7, 11) is 1.70. The average molecular weight is 269 g/mol. The summed E-state index contributed by atoms with van der Waals surface area (Å²) in [5.41, 5.74) is 1.84. The number of methoxy groups -OCH3 is 1. The van der Waals surface area contributed by atoms with Crippen LogP contribution >= 0.6 is 0 Å². The quantitative estimate of drug-likeness (QED) is 0.835. The molecule has 0 radical (unpaired) electrons. The van der Waals surface area contributed by atoms with Gasteiger partial charge in [-0.2, -0.15) is 0 Å². The van der Waals surface area contributed by atoms with E-state index in [-0.39, 0.29) is 11.6 Å². The summed E-state index contributed by atoms with van der Waals surface area (Å²) in [6, 6.07) is 0. The minimum atomic E-state index is -0.273. The summed E-state index contributed by atoms with van der Waals surface area (Å²) in [6.07, 6.45) is 14.8. The van der Waals surface area contributed by atoms with E-state index in [2.05, 4.69) is 31.0 Å². The Morgan fingerprint density at radius 3 is 3.00 bits per heavy atom. The number of hydrogen-bond donors (Lipinski definition) is 1. The summed E-state index contributed by atoms with van der Waals surface area (Å²) in [5.74, 6) is 1.88. The SMILES string of the molecule is C=C1/C=C\C=C/NC2(C)C=C(C3=CC=C(OC)C3)OC12. The topological polar surface area (TPSA) is 30.5 Å². The van der Waals surface area contributed by atoms with Gasteiger partial charge in [-0.3, -0.25) is 0 Å². The van der Waals surface area contributed by atoms with Crippen LogP contribution in [0.4, 0.5) is 0 Å². The van der Waals surface area contributed by atoms with E-state index in [9.17, 15) is 0 Å². The second-order valence-electron chi connectivity index (χ2n) is 5.43. The Kier molecular flexibility index (Phi) is 3.05. The van der Waals surface area contributed by atoms with Crippen molar-refractivity contribution in [3.63, 3.8) is 0 Å². The van der Waals surface area contributed by atoms with E-state index in [1.165, 1.54) is 0 Å². The van der Waals surface area contributed by atoms with Gasteiger partial charge in [0.2, 0.25) is 0 Å². The number of rotatable bonds is 2. The molecule has 0 amide bonds. The summed E-state index contributed by atoms with van der Waals surface area (Å²) >= 11 is 0. The molecule has 0 aromatic heterocycles. The highest BCUT2D eigenvalue weighted by molar-refractivity contribution is 5.45. The van der Waals surface area contributed by atoms with Gasteiger partial charge in [-0.05, 0) is 36.9 Å². The molecule has 0 aromatic carbocycles. The van der Waals surface area contributed by atoms with Crippen LogP contribution in [0.2, 0.25) is 0 Å². The zero-order chi connectivity index (χ0) is 14.2. The van der Waals surface area contributed by atoms with Gasteiger partial charge in [0.25, 0.3) is 0 Å². The molecule has 104 valence electrons. The molecule has 3 rings (SSSR count). The third-order valence-corrected chi connectivity index (χ3v) is 3.88. The minimum Gasteiger partial charge on any atom is -0.501 e. The van der Waals surface area contributed by atoms with Gasteiger partial charge in [0, 0.05) is 12.0 Å². The zero-order valence-electron chi connectivity index (χ0n) is 11.8. The van der Waals surface area contributed by atoms with Gasteiger partial charge in [-0.1, -0.05) is 24.8 Å². The van der Waals surface area contributed by atoms with Crippen LogP contribution in [0.5, 0.6) is 0 Å². The van der Waals surface area contributed by atoms with Gasteiger partial charge in [-0.25, -0.2) is 0 Å². The second kappa shape index (κ2) is 4.75. The Morgan fingerprint density at radius 1 is 1.40 bits per heavy atom. The van der Waals surface area contributed by atoms with E-state index in [4.69, 9.17) is 9.47 Å². The highest BCUT2D eigenvalue weighted by atomic mass is 16.5. The van der Waals surface area contributed by atoms with Crippen molar-refractivity contribution < 1.29 is 9.47 Å². The number of allylic oxidation sites excluding steroid dienone is 6. The molecule has 2 aliphatic heterocycles. The van der Waals surface area contributed by atoms with Crippen LogP contribution in [0, 0.1) is 0 Å². The average Bonchev–Trinajstić information content (AvgIpc) is 3.01. The monoisotopic (exact) mass is 269 g/mol. The standard InChI is InChI=1S/C17H19NO2/c1-12-6-4-5-9-18-17(2)11-15(20-16(12)17)13-7-8-14(10-13)19-3/h4-9,11,16,18H,1,10H2,2-3H3/b6-4-,9-5-. The highest BCUT2D eigenvalue weighted by Gasteiger charge is 2.42. The van der Waals surface area contributed by atoms with Crippen molar-refractivity contribution >= 4 is 0 Å². The molecule has 20 heavy (non-hydrogen) atoms. The normalized spacial score (nSPS) is 34.6. The van der Waals surface area contributed by atoms with E-state index in [1.807, 2.05) is 30.5 Å². The predicted molar refractivity (Wildman–Crippen MR) is 79.7 cm³/mol. The Labute approximate surface area is 119 Å². The number of hydrogen-bond acceptors (Lipinski definition) is 3. The molecule has 3 nitrogen and oxygen atoms in total. The van der Waals surface area contributed by atoms with Crippen molar-refractivity contribution in [1.29, 1.82) is 0 Å². The Balaban J connectivity index is 1.86. The van der Waals surface area contributed by atoms with Crippen LogP contribution in [0.1, 0.15) is 13.3 Å². The Bertz CT molecular complexity index is 592. The lowest BCUT2D eigenvalue weighted by molar-refractivity contribution is 0.131. The molecular weight excluding hydrogens is 250 g/mol. The summed E-state index contributed by atoms with van der Waals surface area (Å²) in [6.45, 7) is 6.24. The lowest BCUT2D eigenvalue weighted by atomic mass is 9.89. The van der Waals surface area contributed by atoms with Crippen molar-refractivity contribution in [3.05, 3.63) is 71.9 Å². The first-order valence-electron chi connectivity index (χ1n) is 6.76. The molecule has 0 bridgehead atoms. The van der Waals surface area contributed by atoms with Gasteiger partial charge in [0.1, 0.15) is 17.6 Å². The molecule has 0 saturated carbocycles.